The summed E-state index contributed by atoms with van der Waals surface area (Å²) in [7, 11) is 1.62. The van der Waals surface area contributed by atoms with Crippen LogP contribution in [0.25, 0.3) is 0 Å². The Morgan fingerprint density at radius 2 is 2.14 bits per heavy atom. The predicted molar refractivity (Wildman–Crippen MR) is 54.0 cm³/mol. The summed E-state index contributed by atoms with van der Waals surface area (Å²) in [5.41, 5.74) is 0.754. The maximum Gasteiger partial charge on any atom is 0.137 e. The number of methoxy groups -OCH3 is 1. The van der Waals surface area contributed by atoms with E-state index in [9.17, 15) is 0 Å². The van der Waals surface area contributed by atoms with Gasteiger partial charge in [0.1, 0.15) is 5.75 Å². The lowest BCUT2D eigenvalue weighted by Crippen LogP contribution is -2.27. The Morgan fingerprint density at radius 3 is 2.57 bits per heavy atom. The van der Waals surface area contributed by atoms with Crippen LogP contribution in [-0.2, 0) is 10.3 Å². The predicted octanol–water partition coefficient (Wildman–Crippen LogP) is 1.26. The van der Waals surface area contributed by atoms with Crippen molar-refractivity contribution in [2.45, 2.75) is 19.3 Å². The third-order valence-electron chi connectivity index (χ3n) is 2.11. The molecule has 0 aliphatic rings. The van der Waals surface area contributed by atoms with Gasteiger partial charge in [-0.25, -0.2) is 5.90 Å². The second-order valence-electron chi connectivity index (χ2n) is 3.78. The fraction of sp³-hybridized carbons (Fsp3) is 0.500. The van der Waals surface area contributed by atoms with Crippen LogP contribution in [-0.4, -0.2) is 18.7 Å². The maximum absolute atomic E-state index is 5.06. The molecule has 0 atom stereocenters. The van der Waals surface area contributed by atoms with Gasteiger partial charge < -0.3 is 9.57 Å². The number of nitrogens with two attached hydrogens (primary N) is 1. The zero-order valence-electron chi connectivity index (χ0n) is 8.78. The standard InChI is InChI=1S/C10H16N2O2/c1-10(2,7-14-11)9-5-4-8(13-3)6-12-9/h4-6H,7,11H2,1-3H3. The molecule has 1 aromatic heterocycles. The minimum atomic E-state index is -0.180. The Morgan fingerprint density at radius 1 is 1.43 bits per heavy atom. The van der Waals surface area contributed by atoms with Crippen LogP contribution in [0.15, 0.2) is 18.3 Å². The van der Waals surface area contributed by atoms with Crippen molar-refractivity contribution in [2.24, 2.45) is 5.90 Å². The van der Waals surface area contributed by atoms with Crippen LogP contribution in [0.3, 0.4) is 0 Å². The second-order valence-corrected chi connectivity index (χ2v) is 3.78. The van der Waals surface area contributed by atoms with Crippen molar-refractivity contribution >= 4 is 0 Å². The van der Waals surface area contributed by atoms with Gasteiger partial charge in [-0.3, -0.25) is 4.98 Å². The molecule has 0 saturated carbocycles. The summed E-state index contributed by atoms with van der Waals surface area (Å²) in [4.78, 5) is 8.93. The molecule has 0 fully saturated rings. The Labute approximate surface area is 84.0 Å². The van der Waals surface area contributed by atoms with Gasteiger partial charge in [0.05, 0.1) is 19.9 Å². The maximum atomic E-state index is 5.06. The number of hydrogen-bond acceptors (Lipinski definition) is 4. The first kappa shape index (κ1) is 10.9. The molecule has 0 saturated heterocycles. The van der Waals surface area contributed by atoms with Crippen molar-refractivity contribution in [2.75, 3.05) is 13.7 Å². The molecule has 0 unspecified atom stereocenters. The van der Waals surface area contributed by atoms with Crippen molar-refractivity contribution in [1.82, 2.24) is 4.98 Å². The monoisotopic (exact) mass is 196 g/mol. The minimum absolute atomic E-state index is 0.180. The SMILES string of the molecule is COc1ccc(C(C)(C)CON)nc1. The summed E-state index contributed by atoms with van der Waals surface area (Å²) in [5, 5.41) is 0. The van der Waals surface area contributed by atoms with Gasteiger partial charge in [0.2, 0.25) is 0 Å². The Hall–Kier alpha value is -1.13. The van der Waals surface area contributed by atoms with Crippen LogP contribution in [0.2, 0.25) is 0 Å². The molecule has 0 radical (unpaired) electrons. The number of rotatable bonds is 4. The van der Waals surface area contributed by atoms with E-state index in [0.29, 0.717) is 6.61 Å². The van der Waals surface area contributed by atoms with E-state index < -0.39 is 0 Å². The molecule has 0 aliphatic carbocycles. The molecule has 1 heterocycles. The van der Waals surface area contributed by atoms with Crippen molar-refractivity contribution < 1.29 is 9.57 Å². The molecule has 1 rings (SSSR count). The quantitative estimate of drug-likeness (QED) is 0.736. The third kappa shape index (κ3) is 2.43. The third-order valence-corrected chi connectivity index (χ3v) is 2.11. The summed E-state index contributed by atoms with van der Waals surface area (Å²) in [5.74, 6) is 5.80. The average Bonchev–Trinajstić information content (AvgIpc) is 2.18. The van der Waals surface area contributed by atoms with Crippen LogP contribution in [0, 0.1) is 0 Å². The number of aromatic nitrogens is 1. The molecule has 4 heteroatoms. The molecule has 4 nitrogen and oxygen atoms in total. The smallest absolute Gasteiger partial charge is 0.137 e. The molecule has 0 bridgehead atoms. The van der Waals surface area contributed by atoms with E-state index >= 15 is 0 Å². The first-order chi connectivity index (χ1) is 6.60. The minimum Gasteiger partial charge on any atom is -0.495 e. The zero-order valence-corrected chi connectivity index (χ0v) is 8.78. The normalized spacial score (nSPS) is 11.4. The zero-order chi connectivity index (χ0) is 10.6. The van der Waals surface area contributed by atoms with Crippen molar-refractivity contribution in [3.05, 3.63) is 24.0 Å². The van der Waals surface area contributed by atoms with Crippen molar-refractivity contribution in [1.29, 1.82) is 0 Å². The Balaban J connectivity index is 2.85. The van der Waals surface area contributed by atoms with Crippen LogP contribution < -0.4 is 10.6 Å². The molecule has 0 spiro atoms. The number of ether oxygens (including phenoxy) is 1. The Kier molecular flexibility index (Phi) is 3.43. The lowest BCUT2D eigenvalue weighted by molar-refractivity contribution is 0.0949. The van der Waals surface area contributed by atoms with Crippen LogP contribution in [0.4, 0.5) is 0 Å². The summed E-state index contributed by atoms with van der Waals surface area (Å²) in [6.07, 6.45) is 1.69. The number of hydrogen-bond donors (Lipinski definition) is 1. The molecule has 14 heavy (non-hydrogen) atoms. The van der Waals surface area contributed by atoms with Gasteiger partial charge in [-0.15, -0.1) is 0 Å². The van der Waals surface area contributed by atoms with Crippen molar-refractivity contribution in [3.63, 3.8) is 0 Å². The molecular formula is C10H16N2O2. The molecular weight excluding hydrogens is 180 g/mol. The number of nitrogens with zero attached hydrogens (tertiary/aromatic N) is 1. The summed E-state index contributed by atoms with van der Waals surface area (Å²) in [6.45, 7) is 4.48. The van der Waals surface area contributed by atoms with Gasteiger partial charge >= 0.3 is 0 Å². The van der Waals surface area contributed by atoms with Gasteiger partial charge in [-0.2, -0.15) is 0 Å². The van der Waals surface area contributed by atoms with E-state index in [1.807, 2.05) is 26.0 Å². The van der Waals surface area contributed by atoms with Crippen LogP contribution >= 0.6 is 0 Å². The largest absolute Gasteiger partial charge is 0.495 e. The van der Waals surface area contributed by atoms with Crippen LogP contribution in [0.1, 0.15) is 19.5 Å². The topological polar surface area (TPSA) is 57.4 Å². The Bertz CT molecular complexity index is 283. The summed E-state index contributed by atoms with van der Waals surface area (Å²) in [6, 6.07) is 3.79. The fourth-order valence-corrected chi connectivity index (χ4v) is 1.18. The lowest BCUT2D eigenvalue weighted by Gasteiger charge is -2.22. The number of pyridine rings is 1. The van der Waals surface area contributed by atoms with E-state index in [1.54, 1.807) is 13.3 Å². The highest BCUT2D eigenvalue weighted by Gasteiger charge is 2.22. The van der Waals surface area contributed by atoms with Gasteiger partial charge in [0, 0.05) is 11.1 Å². The van der Waals surface area contributed by atoms with E-state index in [-0.39, 0.29) is 5.41 Å². The van der Waals surface area contributed by atoms with E-state index in [0.717, 1.165) is 11.4 Å². The van der Waals surface area contributed by atoms with Gasteiger partial charge in [0.25, 0.3) is 0 Å². The molecule has 0 amide bonds. The molecule has 1 aromatic rings. The molecule has 78 valence electrons. The first-order valence-corrected chi connectivity index (χ1v) is 4.42. The van der Waals surface area contributed by atoms with E-state index in [4.69, 9.17) is 10.6 Å². The second kappa shape index (κ2) is 4.39. The van der Waals surface area contributed by atoms with Crippen LogP contribution in [0.5, 0.6) is 5.75 Å². The van der Waals surface area contributed by atoms with E-state index in [1.165, 1.54) is 0 Å². The molecule has 0 aliphatic heterocycles. The molecule has 2 N–H and O–H groups in total. The summed E-state index contributed by atoms with van der Waals surface area (Å²) >= 11 is 0. The van der Waals surface area contributed by atoms with Gasteiger partial charge in [0.15, 0.2) is 0 Å². The fourth-order valence-electron chi connectivity index (χ4n) is 1.18. The first-order valence-electron chi connectivity index (χ1n) is 4.42. The van der Waals surface area contributed by atoms with Gasteiger partial charge in [-0.05, 0) is 12.1 Å². The van der Waals surface area contributed by atoms with Gasteiger partial charge in [-0.1, -0.05) is 13.8 Å². The summed E-state index contributed by atoms with van der Waals surface area (Å²) < 4.78 is 5.02. The average molecular weight is 196 g/mol. The highest BCUT2D eigenvalue weighted by Crippen LogP contribution is 2.22. The van der Waals surface area contributed by atoms with E-state index in [2.05, 4.69) is 9.82 Å². The van der Waals surface area contributed by atoms with Crippen molar-refractivity contribution in [3.8, 4) is 5.75 Å². The highest BCUT2D eigenvalue weighted by molar-refractivity contribution is 5.23. The highest BCUT2D eigenvalue weighted by atomic mass is 16.6. The molecule has 0 aromatic carbocycles. The lowest BCUT2D eigenvalue weighted by atomic mass is 9.90.